The van der Waals surface area contributed by atoms with Crippen LogP contribution in [0.25, 0.3) is 0 Å². The lowest BCUT2D eigenvalue weighted by molar-refractivity contribution is -0.153. The maximum absolute atomic E-state index is 13.6. The fraction of sp³-hybridized carbons (Fsp3) is 0.517. The molecule has 39 heavy (non-hydrogen) atoms. The molecule has 0 aliphatic carbocycles. The van der Waals surface area contributed by atoms with Crippen LogP contribution in [0.4, 0.5) is 0 Å². The molecule has 0 unspecified atom stereocenters. The standard InChI is InChI=1S/C29H42N2O7S/c1-20(2)16-17-31(39(36,37)24-14-12-23(38-6)13-15-24)19-26(32)25(18-22-10-8-7-9-11-22)30-27(33)21(3)29(4,5)28(34)35/h7-15,20-21,25-26,32H,16-19H2,1-6H3,(H,30,33)(H,34,35)/t21-,25-,26+/m1/s1. The van der Waals surface area contributed by atoms with Crippen molar-refractivity contribution in [2.45, 2.75) is 64.5 Å². The normalized spacial score (nSPS) is 14.6. The average molecular weight is 563 g/mol. The first-order valence-electron chi connectivity index (χ1n) is 13.1. The topological polar surface area (TPSA) is 133 Å². The molecule has 0 aliphatic heterocycles. The zero-order valence-electron chi connectivity index (χ0n) is 23.6. The van der Waals surface area contributed by atoms with Crippen LogP contribution in [0.2, 0.25) is 0 Å². The molecule has 0 fully saturated rings. The number of carbonyl (C=O) groups excluding carboxylic acids is 1. The minimum absolute atomic E-state index is 0.0692. The highest BCUT2D eigenvalue weighted by molar-refractivity contribution is 7.89. The minimum atomic E-state index is -3.98. The number of carboxylic acid groups (broad SMARTS) is 1. The lowest BCUT2D eigenvalue weighted by Crippen LogP contribution is -2.53. The van der Waals surface area contributed by atoms with Crippen molar-refractivity contribution in [3.63, 3.8) is 0 Å². The van der Waals surface area contributed by atoms with Crippen molar-refractivity contribution >= 4 is 21.9 Å². The first-order valence-corrected chi connectivity index (χ1v) is 14.5. The predicted molar refractivity (Wildman–Crippen MR) is 150 cm³/mol. The third-order valence-electron chi connectivity index (χ3n) is 7.16. The molecule has 2 aromatic carbocycles. The Morgan fingerprint density at radius 3 is 2.13 bits per heavy atom. The van der Waals surface area contributed by atoms with Crippen molar-refractivity contribution in [3.05, 3.63) is 60.2 Å². The summed E-state index contributed by atoms with van der Waals surface area (Å²) in [6.45, 7) is 8.36. The zero-order chi connectivity index (χ0) is 29.4. The second-order valence-corrected chi connectivity index (χ2v) is 12.8. The summed E-state index contributed by atoms with van der Waals surface area (Å²) in [6, 6.07) is 14.4. The third-order valence-corrected chi connectivity index (χ3v) is 9.04. The molecule has 0 aromatic heterocycles. The number of methoxy groups -OCH3 is 1. The minimum Gasteiger partial charge on any atom is -0.497 e. The maximum atomic E-state index is 13.6. The van der Waals surface area contributed by atoms with Gasteiger partial charge in [0.25, 0.3) is 0 Å². The Balaban J connectivity index is 2.38. The van der Waals surface area contributed by atoms with Crippen molar-refractivity contribution in [1.29, 1.82) is 0 Å². The number of carbonyl (C=O) groups is 2. The molecule has 3 N–H and O–H groups in total. The molecule has 0 aliphatic rings. The van der Waals surface area contributed by atoms with E-state index in [1.165, 1.54) is 44.3 Å². The predicted octanol–water partition coefficient (Wildman–Crippen LogP) is 3.57. The number of sulfonamides is 1. The molecule has 216 valence electrons. The molecule has 1 amide bonds. The Morgan fingerprint density at radius 2 is 1.62 bits per heavy atom. The summed E-state index contributed by atoms with van der Waals surface area (Å²) in [4.78, 5) is 24.9. The van der Waals surface area contributed by atoms with Gasteiger partial charge in [-0.3, -0.25) is 9.59 Å². The Hall–Kier alpha value is -2.95. The number of hydrogen-bond donors (Lipinski definition) is 3. The van der Waals surface area contributed by atoms with Gasteiger partial charge in [-0.05, 0) is 62.4 Å². The smallest absolute Gasteiger partial charge is 0.309 e. The second-order valence-electron chi connectivity index (χ2n) is 10.8. The van der Waals surface area contributed by atoms with E-state index in [9.17, 15) is 28.2 Å². The molecular weight excluding hydrogens is 520 g/mol. The molecule has 0 heterocycles. The van der Waals surface area contributed by atoms with E-state index in [1.807, 2.05) is 44.2 Å². The van der Waals surface area contributed by atoms with Gasteiger partial charge in [0.2, 0.25) is 15.9 Å². The van der Waals surface area contributed by atoms with Gasteiger partial charge in [-0.1, -0.05) is 51.1 Å². The van der Waals surface area contributed by atoms with Gasteiger partial charge in [0.15, 0.2) is 0 Å². The fourth-order valence-electron chi connectivity index (χ4n) is 3.92. The molecule has 0 saturated carbocycles. The molecule has 2 aromatic rings. The Labute approximate surface area is 232 Å². The number of nitrogens with zero attached hydrogens (tertiary/aromatic N) is 1. The molecule has 3 atom stereocenters. The number of aliphatic hydroxyl groups is 1. The van der Waals surface area contributed by atoms with Crippen LogP contribution < -0.4 is 10.1 Å². The van der Waals surface area contributed by atoms with Crippen LogP contribution in [-0.2, 0) is 26.0 Å². The van der Waals surface area contributed by atoms with Gasteiger partial charge in [-0.15, -0.1) is 0 Å². The lowest BCUT2D eigenvalue weighted by atomic mass is 9.79. The Bertz CT molecular complexity index is 1180. The van der Waals surface area contributed by atoms with Crippen LogP contribution >= 0.6 is 0 Å². The summed E-state index contributed by atoms with van der Waals surface area (Å²) < 4.78 is 33.6. The number of benzene rings is 2. The largest absolute Gasteiger partial charge is 0.497 e. The number of aliphatic carboxylic acids is 1. The van der Waals surface area contributed by atoms with Crippen molar-refractivity contribution < 1.29 is 33.0 Å². The molecule has 2 rings (SSSR count). The molecule has 0 spiro atoms. The number of amides is 1. The number of rotatable bonds is 15. The van der Waals surface area contributed by atoms with Crippen LogP contribution in [0.5, 0.6) is 5.75 Å². The van der Waals surface area contributed by atoms with E-state index in [4.69, 9.17) is 4.74 Å². The van der Waals surface area contributed by atoms with E-state index in [1.54, 1.807) is 12.1 Å². The summed E-state index contributed by atoms with van der Waals surface area (Å²) >= 11 is 0. The van der Waals surface area contributed by atoms with E-state index >= 15 is 0 Å². The molecular formula is C29H42N2O7S. The fourth-order valence-corrected chi connectivity index (χ4v) is 5.39. The quantitative estimate of drug-likeness (QED) is 0.302. The molecule has 0 saturated heterocycles. The van der Waals surface area contributed by atoms with Gasteiger partial charge >= 0.3 is 5.97 Å². The van der Waals surface area contributed by atoms with E-state index in [0.717, 1.165) is 5.56 Å². The first-order chi connectivity index (χ1) is 18.2. The average Bonchev–Trinajstić information content (AvgIpc) is 2.90. The SMILES string of the molecule is COc1ccc(S(=O)(=O)N(CCC(C)C)C[C@H](O)[C@@H](Cc2ccccc2)NC(=O)[C@@H](C)C(C)(C)C(=O)O)cc1. The molecule has 0 radical (unpaired) electrons. The summed E-state index contributed by atoms with van der Waals surface area (Å²) in [6.07, 6.45) is -0.467. The van der Waals surface area contributed by atoms with Gasteiger partial charge in [0, 0.05) is 13.1 Å². The summed E-state index contributed by atoms with van der Waals surface area (Å²) in [7, 11) is -2.48. The van der Waals surface area contributed by atoms with Gasteiger partial charge in [0.05, 0.1) is 35.5 Å². The van der Waals surface area contributed by atoms with Crippen molar-refractivity contribution in [1.82, 2.24) is 9.62 Å². The number of aliphatic hydroxyl groups excluding tert-OH is 1. The monoisotopic (exact) mass is 562 g/mol. The van der Waals surface area contributed by atoms with Gasteiger partial charge in [0.1, 0.15) is 5.75 Å². The maximum Gasteiger partial charge on any atom is 0.309 e. The summed E-state index contributed by atoms with van der Waals surface area (Å²) in [5, 5.41) is 23.8. The zero-order valence-corrected chi connectivity index (χ0v) is 24.4. The third kappa shape index (κ3) is 8.78. The number of nitrogens with one attached hydrogen (secondary N) is 1. The lowest BCUT2D eigenvalue weighted by Gasteiger charge is -2.32. The van der Waals surface area contributed by atoms with E-state index in [2.05, 4.69) is 5.32 Å². The number of hydrogen-bond acceptors (Lipinski definition) is 6. The molecule has 0 bridgehead atoms. The van der Waals surface area contributed by atoms with E-state index in [-0.39, 0.29) is 30.3 Å². The van der Waals surface area contributed by atoms with Crippen molar-refractivity contribution in [3.8, 4) is 5.75 Å². The van der Waals surface area contributed by atoms with E-state index < -0.39 is 45.4 Å². The van der Waals surface area contributed by atoms with Crippen molar-refractivity contribution in [2.75, 3.05) is 20.2 Å². The van der Waals surface area contributed by atoms with Crippen LogP contribution in [-0.4, -0.2) is 67.2 Å². The van der Waals surface area contributed by atoms with Gasteiger partial charge in [-0.25, -0.2) is 8.42 Å². The molecule has 9 nitrogen and oxygen atoms in total. The Morgan fingerprint density at radius 1 is 1.03 bits per heavy atom. The van der Waals surface area contributed by atoms with Crippen molar-refractivity contribution in [2.24, 2.45) is 17.3 Å². The van der Waals surface area contributed by atoms with Gasteiger partial charge < -0.3 is 20.3 Å². The summed E-state index contributed by atoms with van der Waals surface area (Å²) in [5.74, 6) is -1.81. The van der Waals surface area contributed by atoms with Crippen LogP contribution in [0.3, 0.4) is 0 Å². The molecule has 10 heteroatoms. The highest BCUT2D eigenvalue weighted by Crippen LogP contribution is 2.27. The highest BCUT2D eigenvalue weighted by atomic mass is 32.2. The summed E-state index contributed by atoms with van der Waals surface area (Å²) in [5.41, 5.74) is -0.508. The van der Waals surface area contributed by atoms with Crippen LogP contribution in [0.1, 0.15) is 46.6 Å². The van der Waals surface area contributed by atoms with Gasteiger partial charge in [-0.2, -0.15) is 4.31 Å². The first kappa shape index (κ1) is 32.3. The second kappa shape index (κ2) is 13.9. The van der Waals surface area contributed by atoms with Crippen LogP contribution in [0, 0.1) is 17.3 Å². The Kier molecular flexibility index (Phi) is 11.5. The number of ether oxygens (including phenoxy) is 1. The highest BCUT2D eigenvalue weighted by Gasteiger charge is 2.40. The van der Waals surface area contributed by atoms with E-state index in [0.29, 0.717) is 12.2 Å². The number of carboxylic acids is 1. The van der Waals surface area contributed by atoms with Crippen LogP contribution in [0.15, 0.2) is 59.5 Å².